The van der Waals surface area contributed by atoms with E-state index in [0.717, 1.165) is 5.69 Å². The normalized spacial score (nSPS) is 12.0. The molecule has 0 radical (unpaired) electrons. The van der Waals surface area contributed by atoms with Crippen LogP contribution in [0.1, 0.15) is 11.7 Å². The molecule has 3 aromatic rings. The smallest absolute Gasteiger partial charge is 0.269 e. The van der Waals surface area contributed by atoms with Crippen LogP contribution in [0.3, 0.4) is 0 Å². The SMILES string of the molecule is O=[N+]([O-])c1cccc([C@H](O)CSc2ncn(-c3ccccc3)n2)c1. The quantitative estimate of drug-likeness (QED) is 0.420. The number of nitrogens with zero attached hydrogens (tertiary/aromatic N) is 4. The van der Waals surface area contributed by atoms with Crippen LogP contribution in [0.2, 0.25) is 0 Å². The summed E-state index contributed by atoms with van der Waals surface area (Å²) in [7, 11) is 0. The molecule has 0 saturated carbocycles. The Hall–Kier alpha value is -2.71. The molecule has 7 nitrogen and oxygen atoms in total. The van der Waals surface area contributed by atoms with Crippen LogP contribution in [-0.4, -0.2) is 30.5 Å². The minimum absolute atomic E-state index is 0.0389. The molecule has 8 heteroatoms. The van der Waals surface area contributed by atoms with Crippen molar-refractivity contribution < 1.29 is 10.0 Å². The van der Waals surface area contributed by atoms with E-state index in [-0.39, 0.29) is 5.69 Å². The number of aliphatic hydroxyl groups is 1. The number of benzene rings is 2. The summed E-state index contributed by atoms with van der Waals surface area (Å²) in [6, 6.07) is 15.6. The van der Waals surface area contributed by atoms with Crippen molar-refractivity contribution in [3.05, 3.63) is 76.6 Å². The fourth-order valence-electron chi connectivity index (χ4n) is 2.11. The van der Waals surface area contributed by atoms with Crippen molar-refractivity contribution in [3.8, 4) is 5.69 Å². The average Bonchev–Trinajstić information content (AvgIpc) is 3.09. The van der Waals surface area contributed by atoms with Gasteiger partial charge in [0, 0.05) is 17.9 Å². The molecule has 0 amide bonds. The van der Waals surface area contributed by atoms with Gasteiger partial charge in [-0.1, -0.05) is 42.1 Å². The fourth-order valence-corrected chi connectivity index (χ4v) is 2.88. The Morgan fingerprint density at radius 3 is 2.75 bits per heavy atom. The molecule has 1 atom stereocenters. The van der Waals surface area contributed by atoms with Gasteiger partial charge >= 0.3 is 0 Å². The van der Waals surface area contributed by atoms with Crippen LogP contribution in [-0.2, 0) is 0 Å². The van der Waals surface area contributed by atoms with Gasteiger partial charge in [0.2, 0.25) is 5.16 Å². The molecule has 0 saturated heterocycles. The van der Waals surface area contributed by atoms with E-state index in [2.05, 4.69) is 10.1 Å². The first-order valence-electron chi connectivity index (χ1n) is 7.16. The second-order valence-corrected chi connectivity index (χ2v) is 5.97. The Labute approximate surface area is 142 Å². The Bertz CT molecular complexity index is 838. The predicted molar refractivity (Wildman–Crippen MR) is 90.1 cm³/mol. The molecule has 0 spiro atoms. The molecule has 3 rings (SSSR count). The maximum absolute atomic E-state index is 10.8. The highest BCUT2D eigenvalue weighted by atomic mass is 32.2. The summed E-state index contributed by atoms with van der Waals surface area (Å²) in [5.41, 5.74) is 1.36. The number of nitro groups is 1. The summed E-state index contributed by atoms with van der Waals surface area (Å²) in [5, 5.41) is 25.9. The van der Waals surface area contributed by atoms with E-state index in [1.165, 1.54) is 23.9 Å². The van der Waals surface area contributed by atoms with Gasteiger partial charge in [0.05, 0.1) is 16.7 Å². The van der Waals surface area contributed by atoms with Crippen molar-refractivity contribution in [1.82, 2.24) is 14.8 Å². The van der Waals surface area contributed by atoms with Crippen molar-refractivity contribution in [3.63, 3.8) is 0 Å². The van der Waals surface area contributed by atoms with Crippen molar-refractivity contribution in [2.75, 3.05) is 5.75 Å². The Balaban J connectivity index is 1.65. The molecule has 1 N–H and O–H groups in total. The van der Waals surface area contributed by atoms with Gasteiger partial charge in [0.1, 0.15) is 6.33 Å². The molecule has 1 heterocycles. The van der Waals surface area contributed by atoms with E-state index in [9.17, 15) is 15.2 Å². The summed E-state index contributed by atoms with van der Waals surface area (Å²) in [6.07, 6.45) is 0.774. The lowest BCUT2D eigenvalue weighted by atomic mass is 10.1. The second-order valence-electron chi connectivity index (χ2n) is 4.99. The molecule has 0 fully saturated rings. The van der Waals surface area contributed by atoms with Crippen LogP contribution in [0.4, 0.5) is 5.69 Å². The lowest BCUT2D eigenvalue weighted by Crippen LogP contribution is -2.02. The van der Waals surface area contributed by atoms with Crippen LogP contribution in [0, 0.1) is 10.1 Å². The number of nitro benzene ring substituents is 1. The molecule has 2 aromatic carbocycles. The monoisotopic (exact) mass is 342 g/mol. The van der Waals surface area contributed by atoms with Gasteiger partial charge in [-0.25, -0.2) is 9.67 Å². The first kappa shape index (κ1) is 16.2. The van der Waals surface area contributed by atoms with Crippen molar-refractivity contribution in [2.45, 2.75) is 11.3 Å². The zero-order valence-electron chi connectivity index (χ0n) is 12.5. The largest absolute Gasteiger partial charge is 0.388 e. The van der Waals surface area contributed by atoms with Gasteiger partial charge in [-0.05, 0) is 17.7 Å². The fraction of sp³-hybridized carbons (Fsp3) is 0.125. The van der Waals surface area contributed by atoms with Crippen molar-refractivity contribution in [2.24, 2.45) is 0 Å². The Morgan fingerprint density at radius 2 is 2.00 bits per heavy atom. The molecular formula is C16H14N4O3S. The molecule has 0 aliphatic carbocycles. The summed E-state index contributed by atoms with van der Waals surface area (Å²) in [4.78, 5) is 14.5. The number of rotatable bonds is 6. The lowest BCUT2D eigenvalue weighted by Gasteiger charge is -2.08. The number of para-hydroxylation sites is 1. The highest BCUT2D eigenvalue weighted by Gasteiger charge is 2.14. The van der Waals surface area contributed by atoms with E-state index in [4.69, 9.17) is 0 Å². The lowest BCUT2D eigenvalue weighted by molar-refractivity contribution is -0.385. The summed E-state index contributed by atoms with van der Waals surface area (Å²) >= 11 is 1.29. The van der Waals surface area contributed by atoms with Gasteiger partial charge in [0.25, 0.3) is 5.69 Å². The van der Waals surface area contributed by atoms with Crippen LogP contribution in [0.5, 0.6) is 0 Å². The van der Waals surface area contributed by atoms with Crippen LogP contribution >= 0.6 is 11.8 Å². The third-order valence-corrected chi connectivity index (χ3v) is 4.26. The van der Waals surface area contributed by atoms with Crippen LogP contribution in [0.15, 0.2) is 66.1 Å². The minimum Gasteiger partial charge on any atom is -0.388 e. The molecule has 0 unspecified atom stereocenters. The van der Waals surface area contributed by atoms with E-state index in [1.54, 1.807) is 23.1 Å². The van der Waals surface area contributed by atoms with E-state index in [0.29, 0.717) is 16.5 Å². The van der Waals surface area contributed by atoms with Gasteiger partial charge in [0.15, 0.2) is 0 Å². The number of thioether (sulfide) groups is 1. The maximum atomic E-state index is 10.8. The van der Waals surface area contributed by atoms with Crippen molar-refractivity contribution >= 4 is 17.4 Å². The zero-order valence-corrected chi connectivity index (χ0v) is 13.3. The molecule has 24 heavy (non-hydrogen) atoms. The minimum atomic E-state index is -0.835. The first-order valence-corrected chi connectivity index (χ1v) is 8.14. The van der Waals surface area contributed by atoms with Gasteiger partial charge in [-0.2, -0.15) is 0 Å². The molecule has 0 aliphatic heterocycles. The number of aromatic nitrogens is 3. The summed E-state index contributed by atoms with van der Waals surface area (Å²) in [6.45, 7) is 0. The van der Waals surface area contributed by atoms with Gasteiger partial charge < -0.3 is 5.11 Å². The highest BCUT2D eigenvalue weighted by Crippen LogP contribution is 2.25. The average molecular weight is 342 g/mol. The Kier molecular flexibility index (Phi) is 4.88. The van der Waals surface area contributed by atoms with E-state index < -0.39 is 11.0 Å². The Morgan fingerprint density at radius 1 is 1.21 bits per heavy atom. The maximum Gasteiger partial charge on any atom is 0.269 e. The molecule has 1 aromatic heterocycles. The number of non-ortho nitro benzene ring substituents is 1. The first-order chi connectivity index (χ1) is 11.6. The highest BCUT2D eigenvalue weighted by molar-refractivity contribution is 7.99. The number of hydrogen-bond donors (Lipinski definition) is 1. The second kappa shape index (κ2) is 7.24. The molecule has 122 valence electrons. The third-order valence-electron chi connectivity index (χ3n) is 3.33. The topological polar surface area (TPSA) is 94.1 Å². The summed E-state index contributed by atoms with van der Waals surface area (Å²) in [5.74, 6) is 0.306. The molecule has 0 aliphatic rings. The number of hydrogen-bond acceptors (Lipinski definition) is 6. The summed E-state index contributed by atoms with van der Waals surface area (Å²) < 4.78 is 1.65. The van der Waals surface area contributed by atoms with E-state index >= 15 is 0 Å². The van der Waals surface area contributed by atoms with Gasteiger partial charge in [-0.15, -0.1) is 5.10 Å². The zero-order chi connectivity index (χ0) is 16.9. The van der Waals surface area contributed by atoms with Crippen molar-refractivity contribution in [1.29, 1.82) is 0 Å². The van der Waals surface area contributed by atoms with Crippen LogP contribution < -0.4 is 0 Å². The third kappa shape index (κ3) is 3.79. The van der Waals surface area contributed by atoms with Gasteiger partial charge in [-0.3, -0.25) is 10.1 Å². The predicted octanol–water partition coefficient (Wildman–Crippen LogP) is 3.00. The van der Waals surface area contributed by atoms with Crippen LogP contribution in [0.25, 0.3) is 5.69 Å². The molecule has 0 bridgehead atoms. The number of aliphatic hydroxyl groups excluding tert-OH is 1. The van der Waals surface area contributed by atoms with E-state index in [1.807, 2.05) is 30.3 Å². The molecular weight excluding hydrogens is 328 g/mol. The standard InChI is InChI=1S/C16H14N4O3S/c21-15(12-5-4-8-14(9-12)20(22)23)10-24-16-17-11-19(18-16)13-6-2-1-3-7-13/h1-9,11,15,21H,10H2/t15-/m1/s1.